The first-order valence-electron chi connectivity index (χ1n) is 10.7. The predicted molar refractivity (Wildman–Crippen MR) is 117 cm³/mol. The van der Waals surface area contributed by atoms with Crippen molar-refractivity contribution in [2.45, 2.75) is 58.5 Å². The second-order valence-electron chi connectivity index (χ2n) is 8.64. The lowest BCUT2D eigenvalue weighted by atomic mass is 9.84. The minimum Gasteiger partial charge on any atom is -0.331 e. The predicted octanol–water partition coefficient (Wildman–Crippen LogP) is 4.57. The number of carbonyl (C=O) groups excluding carboxylic acids is 2. The van der Waals surface area contributed by atoms with Crippen LogP contribution in [0.1, 0.15) is 60.7 Å². The van der Waals surface area contributed by atoms with E-state index in [0.717, 1.165) is 31.2 Å². The van der Waals surface area contributed by atoms with E-state index in [9.17, 15) is 9.59 Å². The van der Waals surface area contributed by atoms with E-state index in [-0.39, 0.29) is 36.4 Å². The van der Waals surface area contributed by atoms with Crippen LogP contribution in [-0.4, -0.2) is 40.7 Å². The highest BCUT2D eigenvalue weighted by Crippen LogP contribution is 2.38. The van der Waals surface area contributed by atoms with Gasteiger partial charge in [-0.1, -0.05) is 36.2 Å². The van der Waals surface area contributed by atoms with Gasteiger partial charge in [-0.05, 0) is 62.6 Å². The number of rotatable bonds is 5. The highest BCUT2D eigenvalue weighted by molar-refractivity contribution is 7.10. The second-order valence-corrected chi connectivity index (χ2v) is 9.64. The summed E-state index contributed by atoms with van der Waals surface area (Å²) in [6.45, 7) is 6.97. The first-order chi connectivity index (χ1) is 14.0. The Hall–Kier alpha value is -2.14. The molecule has 5 heteroatoms. The summed E-state index contributed by atoms with van der Waals surface area (Å²) in [6, 6.07) is 10.6. The smallest absolute Gasteiger partial charge is 0.243 e. The molecule has 0 radical (unpaired) electrons. The Kier molecular flexibility index (Phi) is 5.77. The molecule has 1 fully saturated rings. The molecule has 2 amide bonds. The van der Waals surface area contributed by atoms with Gasteiger partial charge in [-0.15, -0.1) is 11.3 Å². The maximum absolute atomic E-state index is 13.5. The third kappa shape index (κ3) is 3.97. The van der Waals surface area contributed by atoms with Gasteiger partial charge in [0.2, 0.25) is 11.8 Å². The molecule has 0 N–H and O–H groups in total. The van der Waals surface area contributed by atoms with Crippen molar-refractivity contribution in [3.63, 3.8) is 0 Å². The van der Waals surface area contributed by atoms with Gasteiger partial charge in [0.15, 0.2) is 0 Å². The number of fused-ring (bicyclic) bond motifs is 1. The van der Waals surface area contributed by atoms with Gasteiger partial charge in [-0.25, -0.2) is 0 Å². The number of amides is 2. The van der Waals surface area contributed by atoms with E-state index in [4.69, 9.17) is 0 Å². The maximum atomic E-state index is 13.5. The van der Waals surface area contributed by atoms with Gasteiger partial charge in [0.25, 0.3) is 0 Å². The lowest BCUT2D eigenvalue weighted by Crippen LogP contribution is -2.50. The number of carbonyl (C=O) groups is 2. The van der Waals surface area contributed by atoms with Crippen molar-refractivity contribution >= 4 is 23.2 Å². The molecule has 154 valence electrons. The van der Waals surface area contributed by atoms with Crippen molar-refractivity contribution in [1.29, 1.82) is 0 Å². The van der Waals surface area contributed by atoms with Crippen LogP contribution in [0.4, 0.5) is 0 Å². The molecule has 4 nitrogen and oxygen atoms in total. The van der Waals surface area contributed by atoms with Crippen LogP contribution in [0.3, 0.4) is 0 Å². The summed E-state index contributed by atoms with van der Waals surface area (Å²) in [5.74, 6) is 0.316. The van der Waals surface area contributed by atoms with Gasteiger partial charge in [0.05, 0.1) is 6.04 Å². The van der Waals surface area contributed by atoms with Crippen LogP contribution in [0.5, 0.6) is 0 Å². The molecule has 1 aromatic heterocycles. The average molecular weight is 411 g/mol. The zero-order valence-electron chi connectivity index (χ0n) is 17.6. The standard InChI is InChI=1S/C24H30N2O2S/c1-16(2)26(24(28)19-5-4-6-19)15-22(27)25-13-11-21-20(12-14-29-21)23(25)18-9-7-17(3)8-10-18/h7-10,12,14,16,19,23H,4-6,11,13,15H2,1-3H3. The van der Waals surface area contributed by atoms with Gasteiger partial charge >= 0.3 is 0 Å². The van der Waals surface area contributed by atoms with Crippen molar-refractivity contribution in [3.8, 4) is 0 Å². The summed E-state index contributed by atoms with van der Waals surface area (Å²) >= 11 is 1.78. The first-order valence-corrected chi connectivity index (χ1v) is 11.6. The molecule has 1 saturated carbocycles. The monoisotopic (exact) mass is 410 g/mol. The summed E-state index contributed by atoms with van der Waals surface area (Å²) in [6.07, 6.45) is 3.94. The Bertz CT molecular complexity index is 883. The molecule has 1 aromatic carbocycles. The highest BCUT2D eigenvalue weighted by Gasteiger charge is 2.36. The van der Waals surface area contributed by atoms with Crippen LogP contribution in [0.2, 0.25) is 0 Å². The first kappa shape index (κ1) is 20.1. The number of thiophene rings is 1. The van der Waals surface area contributed by atoms with E-state index >= 15 is 0 Å². The van der Waals surface area contributed by atoms with E-state index < -0.39 is 0 Å². The number of benzene rings is 1. The average Bonchev–Trinajstić information content (AvgIpc) is 3.13. The summed E-state index contributed by atoms with van der Waals surface area (Å²) in [7, 11) is 0. The Labute approximate surface area is 177 Å². The van der Waals surface area contributed by atoms with Gasteiger partial charge in [-0.2, -0.15) is 0 Å². The van der Waals surface area contributed by atoms with Gasteiger partial charge < -0.3 is 9.80 Å². The lowest BCUT2D eigenvalue weighted by molar-refractivity contribution is -0.147. The van der Waals surface area contributed by atoms with E-state index in [0.29, 0.717) is 6.54 Å². The molecule has 0 saturated heterocycles. The van der Waals surface area contributed by atoms with Crippen molar-refractivity contribution < 1.29 is 9.59 Å². The van der Waals surface area contributed by atoms with Gasteiger partial charge in [-0.3, -0.25) is 9.59 Å². The number of hydrogen-bond acceptors (Lipinski definition) is 3. The Morgan fingerprint density at radius 3 is 2.52 bits per heavy atom. The molecule has 4 rings (SSSR count). The van der Waals surface area contributed by atoms with E-state index in [1.54, 1.807) is 16.2 Å². The minimum absolute atomic E-state index is 0.0337. The van der Waals surface area contributed by atoms with E-state index in [1.807, 2.05) is 18.7 Å². The molecule has 1 unspecified atom stereocenters. The molecule has 29 heavy (non-hydrogen) atoms. The number of nitrogens with zero attached hydrogens (tertiary/aromatic N) is 2. The Morgan fingerprint density at radius 1 is 1.17 bits per heavy atom. The van der Waals surface area contributed by atoms with E-state index in [1.165, 1.54) is 16.0 Å². The third-order valence-electron chi connectivity index (χ3n) is 6.35. The summed E-state index contributed by atoms with van der Waals surface area (Å²) in [5.41, 5.74) is 3.59. The molecule has 1 aliphatic heterocycles. The number of hydrogen-bond donors (Lipinski definition) is 0. The zero-order chi connectivity index (χ0) is 20.5. The minimum atomic E-state index is -0.0640. The van der Waals surface area contributed by atoms with Gasteiger partial charge in [0.1, 0.15) is 6.54 Å². The number of aryl methyl sites for hydroxylation is 1. The topological polar surface area (TPSA) is 40.6 Å². The van der Waals surface area contributed by atoms with E-state index in [2.05, 4.69) is 42.6 Å². The Balaban J connectivity index is 1.60. The van der Waals surface area contributed by atoms with Crippen LogP contribution in [-0.2, 0) is 16.0 Å². The van der Waals surface area contributed by atoms with Crippen LogP contribution in [0.15, 0.2) is 35.7 Å². The fourth-order valence-corrected chi connectivity index (χ4v) is 5.24. The van der Waals surface area contributed by atoms with Crippen LogP contribution in [0.25, 0.3) is 0 Å². The molecule has 2 heterocycles. The SMILES string of the molecule is Cc1ccc(C2c3ccsc3CCN2C(=O)CN(C(=O)C2CCC2)C(C)C)cc1. The van der Waals surface area contributed by atoms with Crippen LogP contribution < -0.4 is 0 Å². The van der Waals surface area contributed by atoms with Gasteiger partial charge in [0, 0.05) is 23.4 Å². The molecular formula is C24H30N2O2S. The normalized spacial score (nSPS) is 19.0. The van der Waals surface area contributed by atoms with Crippen molar-refractivity contribution in [1.82, 2.24) is 9.80 Å². The zero-order valence-corrected chi connectivity index (χ0v) is 18.4. The quantitative estimate of drug-likeness (QED) is 0.725. The fraction of sp³-hybridized carbons (Fsp3) is 0.500. The molecule has 1 aliphatic carbocycles. The van der Waals surface area contributed by atoms with Crippen molar-refractivity contribution in [3.05, 3.63) is 57.3 Å². The lowest BCUT2D eigenvalue weighted by Gasteiger charge is -2.39. The third-order valence-corrected chi connectivity index (χ3v) is 7.34. The molecule has 0 spiro atoms. The summed E-state index contributed by atoms with van der Waals surface area (Å²) in [5, 5.41) is 2.13. The molecular weight excluding hydrogens is 380 g/mol. The second kappa shape index (κ2) is 8.31. The molecule has 1 atom stereocenters. The van der Waals surface area contributed by atoms with Crippen LogP contribution in [0, 0.1) is 12.8 Å². The molecule has 0 bridgehead atoms. The highest BCUT2D eigenvalue weighted by atomic mass is 32.1. The fourth-order valence-electron chi connectivity index (χ4n) is 4.33. The Morgan fingerprint density at radius 2 is 1.90 bits per heavy atom. The van der Waals surface area contributed by atoms with Crippen LogP contribution >= 0.6 is 11.3 Å². The summed E-state index contributed by atoms with van der Waals surface area (Å²) < 4.78 is 0. The summed E-state index contributed by atoms with van der Waals surface area (Å²) in [4.78, 5) is 31.5. The van der Waals surface area contributed by atoms with Crippen molar-refractivity contribution in [2.75, 3.05) is 13.1 Å². The molecule has 2 aromatic rings. The maximum Gasteiger partial charge on any atom is 0.243 e. The van der Waals surface area contributed by atoms with Crippen molar-refractivity contribution in [2.24, 2.45) is 5.92 Å². The largest absolute Gasteiger partial charge is 0.331 e. The molecule has 2 aliphatic rings.